The van der Waals surface area contributed by atoms with Crippen molar-refractivity contribution < 1.29 is 13.6 Å². The number of hydroxylamine groups is 2. The second kappa shape index (κ2) is 6.09. The molecule has 0 aromatic carbocycles. The van der Waals surface area contributed by atoms with Crippen molar-refractivity contribution in [3.63, 3.8) is 0 Å². The highest BCUT2D eigenvalue weighted by Crippen LogP contribution is 2.15. The smallest absolute Gasteiger partial charge is 0.273 e. The minimum Gasteiger partial charge on any atom is -0.273 e. The number of alkyl halides is 2. The van der Waals surface area contributed by atoms with Crippen molar-refractivity contribution in [3.05, 3.63) is 12.7 Å². The first-order chi connectivity index (χ1) is 7.54. The second-order valence-corrected chi connectivity index (χ2v) is 3.22. The van der Waals surface area contributed by atoms with E-state index in [2.05, 4.69) is 26.7 Å². The van der Waals surface area contributed by atoms with Gasteiger partial charge in [-0.25, -0.2) is 4.99 Å². The molecule has 5 nitrogen and oxygen atoms in total. The topological polar surface area (TPSA) is 49.2 Å². The monoisotopic (exact) mass is 272 g/mol. The third-order valence-corrected chi connectivity index (χ3v) is 1.89. The summed E-state index contributed by atoms with van der Waals surface area (Å²) in [6.07, 6.45) is 0.549. The van der Waals surface area contributed by atoms with Crippen LogP contribution in [0.5, 0.6) is 0 Å². The maximum Gasteiger partial charge on any atom is 0.365 e. The van der Waals surface area contributed by atoms with Gasteiger partial charge in [0.15, 0.2) is 0 Å². The molecular weight excluding hydrogens is 265 g/mol. The van der Waals surface area contributed by atoms with Gasteiger partial charge in [0.2, 0.25) is 16.9 Å². The highest BCUT2D eigenvalue weighted by molar-refractivity contribution is 6.71. The van der Waals surface area contributed by atoms with E-state index in [1.165, 1.54) is 6.08 Å². The van der Waals surface area contributed by atoms with Gasteiger partial charge in [-0.2, -0.15) is 23.7 Å². The van der Waals surface area contributed by atoms with Gasteiger partial charge in [-0.15, -0.1) is 6.58 Å². The Morgan fingerprint density at radius 3 is 2.88 bits per heavy atom. The Bertz CT molecular complexity index is 324. The highest BCUT2D eigenvalue weighted by atomic mass is 35.5. The van der Waals surface area contributed by atoms with Crippen LogP contribution in [0.4, 0.5) is 8.78 Å². The number of nitrogens with one attached hydrogen (secondary N) is 1. The molecule has 0 saturated carbocycles. The van der Waals surface area contributed by atoms with Crippen LogP contribution < -0.4 is 5.32 Å². The molecule has 1 N–H and O–H groups in total. The van der Waals surface area contributed by atoms with Crippen molar-refractivity contribution in [2.45, 2.75) is 12.9 Å². The number of nitrogens with zero attached hydrogens (tertiary/aromatic N) is 3. The number of aliphatic imine (C=N–C) groups is 2. The third-order valence-electron chi connectivity index (χ3n) is 1.46. The molecule has 0 aromatic heterocycles. The van der Waals surface area contributed by atoms with E-state index in [0.717, 1.165) is 0 Å². The minimum atomic E-state index is -3.04. The van der Waals surface area contributed by atoms with Gasteiger partial charge in [-0.1, -0.05) is 6.08 Å². The summed E-state index contributed by atoms with van der Waals surface area (Å²) in [6.45, 7) is 0.728. The Kier molecular flexibility index (Phi) is 5.07. The zero-order valence-electron chi connectivity index (χ0n) is 7.91. The van der Waals surface area contributed by atoms with E-state index < -0.39 is 12.9 Å². The highest BCUT2D eigenvalue weighted by Gasteiger charge is 2.28. The van der Waals surface area contributed by atoms with Gasteiger partial charge in [0.1, 0.15) is 0 Å². The molecule has 0 saturated heterocycles. The SMILES string of the molecule is C=CCNC1N=C(Cl)N=C(Cl)N1OC(F)F. The molecule has 1 aliphatic rings. The summed E-state index contributed by atoms with van der Waals surface area (Å²) in [6, 6.07) is 0. The summed E-state index contributed by atoms with van der Waals surface area (Å²) < 4.78 is 24.2. The van der Waals surface area contributed by atoms with E-state index in [-0.39, 0.29) is 10.6 Å². The van der Waals surface area contributed by atoms with Crippen molar-refractivity contribution in [3.8, 4) is 0 Å². The maximum absolute atomic E-state index is 12.1. The lowest BCUT2D eigenvalue weighted by atomic mass is 10.6. The fourth-order valence-corrected chi connectivity index (χ4v) is 1.34. The normalized spacial score (nSPS) is 20.8. The lowest BCUT2D eigenvalue weighted by molar-refractivity contribution is -0.264. The standard InChI is InChI=1S/C7H8Cl2F2N4O/c1-2-3-12-7-14-4(8)13-5(9)15(7)16-6(10)11/h2,6-7,12H,1,3H2. The van der Waals surface area contributed by atoms with Crippen LogP contribution in [0.3, 0.4) is 0 Å². The molecule has 0 aliphatic carbocycles. The molecule has 1 heterocycles. The van der Waals surface area contributed by atoms with Crippen LogP contribution in [0.2, 0.25) is 0 Å². The summed E-state index contributed by atoms with van der Waals surface area (Å²) in [5.74, 6) is 0. The Morgan fingerprint density at radius 2 is 2.31 bits per heavy atom. The third kappa shape index (κ3) is 3.67. The van der Waals surface area contributed by atoms with Crippen LogP contribution in [-0.2, 0) is 4.84 Å². The van der Waals surface area contributed by atoms with E-state index >= 15 is 0 Å². The molecule has 0 aromatic rings. The van der Waals surface area contributed by atoms with Crippen LogP contribution in [0.1, 0.15) is 0 Å². The maximum atomic E-state index is 12.1. The summed E-state index contributed by atoms with van der Waals surface area (Å²) in [7, 11) is 0. The number of hydrogen-bond acceptors (Lipinski definition) is 5. The predicted molar refractivity (Wildman–Crippen MR) is 57.5 cm³/mol. The fourth-order valence-electron chi connectivity index (χ4n) is 0.913. The predicted octanol–water partition coefficient (Wildman–Crippen LogP) is 1.70. The molecule has 0 bridgehead atoms. The van der Waals surface area contributed by atoms with E-state index in [4.69, 9.17) is 23.2 Å². The molecule has 1 atom stereocenters. The lowest BCUT2D eigenvalue weighted by Gasteiger charge is -2.29. The van der Waals surface area contributed by atoms with E-state index in [9.17, 15) is 8.78 Å². The quantitative estimate of drug-likeness (QED) is 0.612. The van der Waals surface area contributed by atoms with Gasteiger partial charge >= 0.3 is 6.61 Å². The van der Waals surface area contributed by atoms with Gasteiger partial charge in [0.25, 0.3) is 0 Å². The Morgan fingerprint density at radius 1 is 1.62 bits per heavy atom. The largest absolute Gasteiger partial charge is 0.365 e. The number of halogens is 4. The Labute approximate surface area is 100 Å². The molecule has 0 radical (unpaired) electrons. The average Bonchev–Trinajstić information content (AvgIpc) is 2.19. The van der Waals surface area contributed by atoms with Gasteiger partial charge in [0, 0.05) is 6.54 Å². The molecule has 90 valence electrons. The number of hydrogen-bond donors (Lipinski definition) is 1. The summed E-state index contributed by atoms with van der Waals surface area (Å²) in [5, 5.41) is 2.84. The molecule has 9 heteroatoms. The lowest BCUT2D eigenvalue weighted by Crippen LogP contribution is -2.49. The number of amidine groups is 2. The van der Waals surface area contributed by atoms with Crippen molar-refractivity contribution in [1.29, 1.82) is 0 Å². The van der Waals surface area contributed by atoms with Gasteiger partial charge in [-0.05, 0) is 23.2 Å². The molecule has 0 spiro atoms. The molecule has 16 heavy (non-hydrogen) atoms. The first-order valence-corrected chi connectivity index (χ1v) is 4.86. The van der Waals surface area contributed by atoms with Crippen molar-refractivity contribution >= 4 is 33.8 Å². The van der Waals surface area contributed by atoms with Crippen LogP contribution in [0.25, 0.3) is 0 Å². The minimum absolute atomic E-state index is 0.152. The van der Waals surface area contributed by atoms with Crippen LogP contribution in [-0.4, -0.2) is 35.1 Å². The fraction of sp³-hybridized carbons (Fsp3) is 0.429. The summed E-state index contributed by atoms with van der Waals surface area (Å²) in [4.78, 5) is 11.3. The first kappa shape index (κ1) is 13.3. The zero-order chi connectivity index (χ0) is 12.1. The van der Waals surface area contributed by atoms with E-state index in [1.54, 1.807) is 0 Å². The van der Waals surface area contributed by atoms with Gasteiger partial charge < -0.3 is 0 Å². The molecule has 1 aliphatic heterocycles. The second-order valence-electron chi connectivity index (χ2n) is 2.54. The molecule has 1 unspecified atom stereocenters. The molecule has 0 amide bonds. The zero-order valence-corrected chi connectivity index (χ0v) is 9.42. The summed E-state index contributed by atoms with van der Waals surface area (Å²) >= 11 is 11.1. The average molecular weight is 273 g/mol. The van der Waals surface area contributed by atoms with Gasteiger partial charge in [0.05, 0.1) is 0 Å². The van der Waals surface area contributed by atoms with Gasteiger partial charge in [-0.3, -0.25) is 5.32 Å². The van der Waals surface area contributed by atoms with E-state index in [0.29, 0.717) is 11.6 Å². The van der Waals surface area contributed by atoms with E-state index in [1.807, 2.05) is 0 Å². The Balaban J connectivity index is 2.75. The van der Waals surface area contributed by atoms with Crippen molar-refractivity contribution in [2.24, 2.45) is 9.98 Å². The number of rotatable bonds is 5. The first-order valence-electron chi connectivity index (χ1n) is 4.10. The van der Waals surface area contributed by atoms with Crippen molar-refractivity contribution in [2.75, 3.05) is 6.54 Å². The molecular formula is C7H8Cl2F2N4O. The molecule has 1 rings (SSSR count). The summed E-state index contributed by atoms with van der Waals surface area (Å²) in [5.41, 5.74) is 0. The molecule has 0 fully saturated rings. The van der Waals surface area contributed by atoms with Crippen LogP contribution in [0, 0.1) is 0 Å². The Hall–Kier alpha value is -0.760. The van der Waals surface area contributed by atoms with Crippen LogP contribution in [0.15, 0.2) is 22.6 Å². The van der Waals surface area contributed by atoms with Crippen molar-refractivity contribution in [1.82, 2.24) is 10.4 Å². The van der Waals surface area contributed by atoms with Crippen LogP contribution >= 0.6 is 23.2 Å².